The molecule has 1 saturated heterocycles. The zero-order chi connectivity index (χ0) is 58.8. The SMILES string of the molecule is Nc1ncnc2c1c(C#CCNC(=O)CCCCCNS(=O)(=O)c1ccc(C3=c4cc5c6c(c4Oc4c3cc3c7c4CCCN7CCC3)CCC[N+]=6CCC5)c(S(=O)(=O)O)c1)cn2[C@H]1C[C@H](O)[C@@H](COP(=O)(O)OP(=O)(O)OP(=O)(O)O)O1. The van der Waals surface area contributed by atoms with Gasteiger partial charge in [-0.25, -0.2) is 41.4 Å². The van der Waals surface area contributed by atoms with E-state index in [0.29, 0.717) is 47.3 Å². The second-order valence-corrected chi connectivity index (χ2v) is 28.6. The van der Waals surface area contributed by atoms with Crippen molar-refractivity contribution in [2.75, 3.05) is 56.5 Å². The molecule has 6 aliphatic rings. The van der Waals surface area contributed by atoms with Gasteiger partial charge in [-0.3, -0.25) is 13.9 Å². The largest absolute Gasteiger partial charge is 0.490 e. The average molecular weight is 1250 g/mol. The number of nitrogens with two attached hydrogens (primary N) is 1. The number of carbonyl (C=O) groups is 1. The molecule has 0 bridgehead atoms. The number of amides is 1. The van der Waals surface area contributed by atoms with Crippen LogP contribution in [0.3, 0.4) is 0 Å². The van der Waals surface area contributed by atoms with E-state index in [0.717, 1.165) is 117 Å². The normalized spacial score (nSPS) is 20.7. The van der Waals surface area contributed by atoms with Gasteiger partial charge in [0.25, 0.3) is 10.1 Å². The first kappa shape index (κ1) is 59.3. The Morgan fingerprint density at radius 2 is 1.63 bits per heavy atom. The molecule has 11 rings (SSSR count). The molecular formula is C51H60N8O19P3S2+. The summed E-state index contributed by atoms with van der Waals surface area (Å²) in [6.45, 7) is 2.74. The van der Waals surface area contributed by atoms with Crippen LogP contribution >= 0.6 is 23.5 Å². The van der Waals surface area contributed by atoms with Crippen molar-refractivity contribution in [2.24, 2.45) is 0 Å². The van der Waals surface area contributed by atoms with E-state index in [4.69, 9.17) is 25.0 Å². The lowest BCUT2D eigenvalue weighted by Crippen LogP contribution is -2.45. The molecule has 5 atom stereocenters. The van der Waals surface area contributed by atoms with Gasteiger partial charge in [-0.1, -0.05) is 24.3 Å². The predicted molar refractivity (Wildman–Crippen MR) is 296 cm³/mol. The Morgan fingerprint density at radius 1 is 0.880 bits per heavy atom. The number of hydrogen-bond donors (Lipinski definition) is 9. The maximum Gasteiger partial charge on any atom is 0.490 e. The molecule has 0 spiro atoms. The molecular weight excluding hydrogens is 1190 g/mol. The Bertz CT molecular complexity index is 4090. The molecule has 0 aliphatic carbocycles. The number of anilines is 2. The fourth-order valence-electron chi connectivity index (χ4n) is 12.1. The van der Waals surface area contributed by atoms with Gasteiger partial charge in [-0.2, -0.15) is 17.0 Å². The van der Waals surface area contributed by atoms with Crippen LogP contribution in [0.4, 0.5) is 11.5 Å². The summed E-state index contributed by atoms with van der Waals surface area (Å²) < 4.78 is 132. The molecule has 83 heavy (non-hydrogen) atoms. The van der Waals surface area contributed by atoms with Crippen LogP contribution in [0.2, 0.25) is 0 Å². The summed E-state index contributed by atoms with van der Waals surface area (Å²) in [7, 11) is -26.2. The topological polar surface area (TPSA) is 391 Å². The first-order valence-corrected chi connectivity index (χ1v) is 34.3. The highest BCUT2D eigenvalue weighted by Gasteiger charge is 2.44. The van der Waals surface area contributed by atoms with Crippen molar-refractivity contribution in [3.8, 4) is 23.3 Å². The third-order valence-corrected chi connectivity index (χ3v) is 21.6. The van der Waals surface area contributed by atoms with Gasteiger partial charge in [0.15, 0.2) is 0 Å². The number of phosphoric acid groups is 3. The van der Waals surface area contributed by atoms with Crippen molar-refractivity contribution in [3.63, 3.8) is 0 Å². The Labute approximate surface area is 475 Å². The van der Waals surface area contributed by atoms with Crippen LogP contribution < -0.4 is 40.6 Å². The van der Waals surface area contributed by atoms with Gasteiger partial charge in [-0.05, 0) is 81.2 Å². The van der Waals surface area contributed by atoms with Crippen molar-refractivity contribution in [1.82, 2.24) is 29.1 Å². The number of ether oxygens (including phenoxy) is 2. The summed E-state index contributed by atoms with van der Waals surface area (Å²) in [6, 6.07) is 8.06. The molecule has 3 aromatic carbocycles. The maximum atomic E-state index is 13.9. The smallest absolute Gasteiger partial charge is 0.455 e. The molecule has 5 aromatic rings. The molecule has 444 valence electrons. The van der Waals surface area contributed by atoms with Crippen LogP contribution in [0, 0.1) is 11.8 Å². The van der Waals surface area contributed by atoms with Crippen molar-refractivity contribution in [2.45, 2.75) is 112 Å². The van der Waals surface area contributed by atoms with Crippen LogP contribution in [0.25, 0.3) is 16.6 Å². The molecule has 6 aliphatic heterocycles. The van der Waals surface area contributed by atoms with Crippen molar-refractivity contribution < 1.29 is 87.2 Å². The monoisotopic (exact) mass is 1250 g/mol. The summed E-state index contributed by atoms with van der Waals surface area (Å²) in [5, 5.41) is 15.6. The third-order valence-electron chi connectivity index (χ3n) is 15.4. The number of aliphatic hydroxyl groups is 1. The number of aryl methyl sites for hydroxylation is 2. The molecule has 1 amide bonds. The Morgan fingerprint density at radius 3 is 2.40 bits per heavy atom. The molecule has 32 heteroatoms. The van der Waals surface area contributed by atoms with Crippen LogP contribution in [-0.2, 0) is 82.2 Å². The number of nitrogens with zero attached hydrogens (tertiary/aromatic N) is 5. The Balaban J connectivity index is 0.724. The van der Waals surface area contributed by atoms with Crippen molar-refractivity contribution in [1.29, 1.82) is 0 Å². The van der Waals surface area contributed by atoms with Gasteiger partial charge >= 0.3 is 23.5 Å². The third kappa shape index (κ3) is 12.5. The summed E-state index contributed by atoms with van der Waals surface area (Å²) in [4.78, 5) is 59.4. The number of benzene rings is 3. The summed E-state index contributed by atoms with van der Waals surface area (Å²) in [5.41, 5.74) is 13.8. The zero-order valence-electron chi connectivity index (χ0n) is 44.4. The molecule has 2 unspecified atom stereocenters. The summed E-state index contributed by atoms with van der Waals surface area (Å²) in [6.07, 6.45) is 7.14. The average Bonchev–Trinajstić information content (AvgIpc) is 2.72. The number of sulfonamides is 1. The Kier molecular flexibility index (Phi) is 16.5. The van der Waals surface area contributed by atoms with Crippen LogP contribution in [0.5, 0.6) is 11.5 Å². The van der Waals surface area contributed by atoms with Crippen molar-refractivity contribution >= 4 is 77.6 Å². The molecule has 1 fully saturated rings. The fourth-order valence-corrected chi connectivity index (χ4v) is 17.0. The number of fused-ring (bicyclic) bond motifs is 5. The second-order valence-electron chi connectivity index (χ2n) is 21.0. The minimum absolute atomic E-state index is 0.0301. The number of nitrogen functional groups attached to an aromatic ring is 1. The summed E-state index contributed by atoms with van der Waals surface area (Å²) in [5.74, 6) is 6.79. The highest BCUT2D eigenvalue weighted by molar-refractivity contribution is 7.89. The quantitative estimate of drug-likeness (QED) is 0.0185. The minimum Gasteiger partial charge on any atom is -0.455 e. The second kappa shape index (κ2) is 23.1. The predicted octanol–water partition coefficient (Wildman–Crippen LogP) is 2.69. The van der Waals surface area contributed by atoms with E-state index in [1.165, 1.54) is 40.3 Å². The van der Waals surface area contributed by atoms with E-state index in [1.807, 2.05) is 0 Å². The van der Waals surface area contributed by atoms with Crippen LogP contribution in [-0.4, -0.2) is 125 Å². The maximum absolute atomic E-state index is 13.9. The van der Waals surface area contributed by atoms with Gasteiger partial charge in [0.1, 0.15) is 59.6 Å². The first-order valence-electron chi connectivity index (χ1n) is 26.9. The number of nitrogens with one attached hydrogen (secondary N) is 2. The van der Waals surface area contributed by atoms with E-state index in [9.17, 15) is 54.8 Å². The first-order chi connectivity index (χ1) is 39.3. The van der Waals surface area contributed by atoms with Crippen LogP contribution in [0.15, 0.2) is 52.6 Å². The summed E-state index contributed by atoms with van der Waals surface area (Å²) >= 11 is 0. The highest BCUT2D eigenvalue weighted by Crippen LogP contribution is 2.66. The standard InChI is InChI=1S/C51H59N8O19P3S2/c52-50-44-32(27-59(51(44)55-29-54-50)43-26-39(60)40(75-43)28-74-80(65,66)78-81(67,68)77-79(62,63)64)9-4-17-53-42(61)14-2-1-3-18-56-82(69,70)33-15-16-34(41(25-33)83(71,72)73)45-37-23-30-10-5-19-57-21-7-12-35(46(30)57)48(37)76-49-36-13-8-22-58-20-6-11-31(47(36)58)24-38(45)49/h15-16,23-25,27,29,39-40,43,56,60H,1-3,5-8,10-14,17-22,26,28H2,(H7-,52,53,54,55,61,62,63,64,65,66,67,68,71,72,73)/p+1/t39-,40+,43+/m0/s1. The fraction of sp³-hybridized carbons (Fsp3) is 0.451. The van der Waals surface area contributed by atoms with Gasteiger partial charge in [0.05, 0.1) is 40.7 Å². The van der Waals surface area contributed by atoms with E-state index >= 15 is 0 Å². The lowest BCUT2D eigenvalue weighted by Gasteiger charge is -2.39. The lowest BCUT2D eigenvalue weighted by atomic mass is 9.82. The number of aromatic nitrogens is 3. The van der Waals surface area contributed by atoms with E-state index < -0.39 is 73.5 Å². The van der Waals surface area contributed by atoms with Crippen molar-refractivity contribution in [3.05, 3.63) is 92.4 Å². The number of aliphatic hydroxyl groups excluding tert-OH is 1. The highest BCUT2D eigenvalue weighted by atomic mass is 32.2. The number of unbranched alkanes of at least 4 members (excludes halogenated alkanes) is 2. The Hall–Kier alpha value is -5.47. The van der Waals surface area contributed by atoms with E-state index in [-0.39, 0.29) is 53.8 Å². The molecule has 2 aromatic heterocycles. The van der Waals surface area contributed by atoms with Gasteiger partial charge in [0.2, 0.25) is 21.3 Å². The number of rotatable bonds is 19. The van der Waals surface area contributed by atoms with Crippen LogP contribution in [0.1, 0.15) is 103 Å². The van der Waals surface area contributed by atoms with Gasteiger partial charge < -0.3 is 54.7 Å². The lowest BCUT2D eigenvalue weighted by molar-refractivity contribution is -0.120. The van der Waals surface area contributed by atoms with E-state index in [2.05, 4.69) is 66.6 Å². The molecule has 8 heterocycles. The molecule has 27 nitrogen and oxygen atoms in total. The molecule has 0 radical (unpaired) electrons. The molecule has 10 N–H and O–H groups in total. The molecule has 0 saturated carbocycles. The minimum atomic E-state index is -5.78. The zero-order valence-corrected chi connectivity index (χ0v) is 48.7. The van der Waals surface area contributed by atoms with E-state index in [1.54, 1.807) is 0 Å². The number of phosphoric ester groups is 1. The van der Waals surface area contributed by atoms with Gasteiger partial charge in [0, 0.05) is 90.2 Å². The number of carbonyl (C=O) groups excluding carboxylic acids is 1. The van der Waals surface area contributed by atoms with Gasteiger partial charge in [-0.15, -0.1) is 0 Å². The number of hydrogen-bond acceptors (Lipinski definition) is 18.